The van der Waals surface area contributed by atoms with Crippen molar-refractivity contribution in [3.8, 4) is 0 Å². The number of nitrogens with zero attached hydrogens (tertiary/aromatic N) is 2. The lowest BCUT2D eigenvalue weighted by atomic mass is 10.1. The van der Waals surface area contributed by atoms with Crippen molar-refractivity contribution in [1.82, 2.24) is 14.5 Å². The number of benzene rings is 1. The fraction of sp³-hybridized carbons (Fsp3) is 0.227. The van der Waals surface area contributed by atoms with E-state index in [1.54, 1.807) is 30.3 Å². The van der Waals surface area contributed by atoms with Gasteiger partial charge in [0.25, 0.3) is 11.5 Å². The third-order valence-corrected chi connectivity index (χ3v) is 4.95. The Hall–Kier alpha value is -4.41. The molecule has 2 heterocycles. The summed E-state index contributed by atoms with van der Waals surface area (Å²) < 4.78 is 11.8. The molecule has 1 amide bonds. The Morgan fingerprint density at radius 2 is 1.76 bits per heavy atom. The zero-order valence-electron chi connectivity index (χ0n) is 17.9. The van der Waals surface area contributed by atoms with Gasteiger partial charge in [0.2, 0.25) is 5.78 Å². The number of carbonyl (C=O) groups excluding carboxylic acids is 3. The summed E-state index contributed by atoms with van der Waals surface area (Å²) in [5.74, 6) is -2.75. The van der Waals surface area contributed by atoms with Gasteiger partial charge in [-0.05, 0) is 17.7 Å². The third kappa shape index (κ3) is 5.09. The van der Waals surface area contributed by atoms with Gasteiger partial charge in [-0.2, -0.15) is 0 Å². The molecular weight excluding hydrogens is 432 g/mol. The molecule has 0 unspecified atom stereocenters. The molecule has 3 N–H and O–H groups in total. The number of Topliss-reactive ketones (excluding diaryl/α,β-unsaturated/α-hetero) is 1. The van der Waals surface area contributed by atoms with Gasteiger partial charge >= 0.3 is 11.7 Å². The number of rotatable bonds is 8. The number of amides is 1. The molecule has 0 aliphatic carbocycles. The molecule has 0 radical (unpaired) electrons. The molecule has 1 atom stereocenters. The van der Waals surface area contributed by atoms with Crippen LogP contribution in [-0.2, 0) is 30.0 Å². The van der Waals surface area contributed by atoms with E-state index in [0.29, 0.717) is 0 Å². The van der Waals surface area contributed by atoms with Crippen molar-refractivity contribution in [2.45, 2.75) is 12.5 Å². The van der Waals surface area contributed by atoms with Crippen LogP contribution in [0.25, 0.3) is 0 Å². The minimum atomic E-state index is -1.14. The number of ketones is 1. The van der Waals surface area contributed by atoms with Gasteiger partial charge in [-0.15, -0.1) is 0 Å². The molecular formula is C22H22N4O7. The van der Waals surface area contributed by atoms with Gasteiger partial charge < -0.3 is 20.2 Å². The van der Waals surface area contributed by atoms with E-state index in [0.717, 1.165) is 14.7 Å². The topological polar surface area (TPSA) is 156 Å². The van der Waals surface area contributed by atoms with E-state index in [1.165, 1.54) is 32.5 Å². The molecule has 33 heavy (non-hydrogen) atoms. The number of hydrogen-bond acceptors (Lipinski definition) is 8. The van der Waals surface area contributed by atoms with E-state index in [4.69, 9.17) is 14.9 Å². The summed E-state index contributed by atoms with van der Waals surface area (Å²) in [6.07, 6.45) is 1.40. The standard InChI is InChI=1S/C22H22N4O7/c1-25-18(23)17(20(29)26(2)22(25)31)15(27)12-33-21(30)14(11-13-7-4-3-5-8-13)24-19(28)16-9-6-10-32-16/h3-10,14H,11-12,23H2,1-2H3,(H,24,28)/t14-/m0/s1. The van der Waals surface area contributed by atoms with Crippen LogP contribution in [0.3, 0.4) is 0 Å². The smallest absolute Gasteiger partial charge is 0.332 e. The zero-order valence-corrected chi connectivity index (χ0v) is 17.9. The first-order chi connectivity index (χ1) is 15.7. The highest BCUT2D eigenvalue weighted by Crippen LogP contribution is 2.09. The second kappa shape index (κ2) is 9.81. The second-order valence-electron chi connectivity index (χ2n) is 7.19. The van der Waals surface area contributed by atoms with Gasteiger partial charge in [0, 0.05) is 20.5 Å². The Morgan fingerprint density at radius 3 is 2.39 bits per heavy atom. The maximum absolute atomic E-state index is 12.8. The Morgan fingerprint density at radius 1 is 1.06 bits per heavy atom. The second-order valence-corrected chi connectivity index (χ2v) is 7.19. The molecule has 0 spiro atoms. The summed E-state index contributed by atoms with van der Waals surface area (Å²) in [7, 11) is 2.51. The molecule has 3 aromatic rings. The quantitative estimate of drug-likeness (QED) is 0.357. The summed E-state index contributed by atoms with van der Waals surface area (Å²) in [4.78, 5) is 62.0. The SMILES string of the molecule is Cn1c(N)c(C(=O)COC(=O)[C@H](Cc2ccccc2)NC(=O)c2ccco2)c(=O)n(C)c1=O. The van der Waals surface area contributed by atoms with Crippen LogP contribution in [0.15, 0.2) is 62.7 Å². The molecule has 0 bridgehead atoms. The molecule has 0 saturated carbocycles. The highest BCUT2D eigenvalue weighted by atomic mass is 16.5. The normalized spacial score (nSPS) is 11.6. The molecule has 2 aromatic heterocycles. The summed E-state index contributed by atoms with van der Waals surface area (Å²) in [5.41, 5.74) is 4.44. The lowest BCUT2D eigenvalue weighted by molar-refractivity contribution is -0.144. The van der Waals surface area contributed by atoms with Crippen LogP contribution in [0.1, 0.15) is 26.5 Å². The maximum Gasteiger partial charge on any atom is 0.332 e. The van der Waals surface area contributed by atoms with E-state index in [-0.39, 0.29) is 18.0 Å². The minimum absolute atomic E-state index is 0.00147. The fourth-order valence-electron chi connectivity index (χ4n) is 3.11. The van der Waals surface area contributed by atoms with Crippen LogP contribution >= 0.6 is 0 Å². The van der Waals surface area contributed by atoms with E-state index in [1.807, 2.05) is 0 Å². The van der Waals surface area contributed by atoms with Crippen LogP contribution in [0, 0.1) is 0 Å². The van der Waals surface area contributed by atoms with Crippen molar-refractivity contribution in [3.05, 3.63) is 86.5 Å². The number of anilines is 1. The first-order valence-corrected chi connectivity index (χ1v) is 9.84. The van der Waals surface area contributed by atoms with E-state index in [9.17, 15) is 24.0 Å². The largest absolute Gasteiger partial charge is 0.459 e. The van der Waals surface area contributed by atoms with E-state index >= 15 is 0 Å². The van der Waals surface area contributed by atoms with Crippen molar-refractivity contribution >= 4 is 23.5 Å². The van der Waals surface area contributed by atoms with E-state index < -0.39 is 47.1 Å². The number of nitrogens with two attached hydrogens (primary N) is 1. The Kier molecular flexibility index (Phi) is 6.91. The summed E-state index contributed by atoms with van der Waals surface area (Å²) in [5, 5.41) is 2.53. The van der Waals surface area contributed by atoms with Crippen molar-refractivity contribution in [2.75, 3.05) is 12.3 Å². The number of hydrogen-bond donors (Lipinski definition) is 2. The van der Waals surface area contributed by atoms with Crippen LogP contribution in [-0.4, -0.2) is 39.4 Å². The molecule has 172 valence electrons. The van der Waals surface area contributed by atoms with Gasteiger partial charge in [0.05, 0.1) is 6.26 Å². The number of nitrogens with one attached hydrogen (secondary N) is 1. The summed E-state index contributed by atoms with van der Waals surface area (Å²) in [6, 6.07) is 10.7. The average molecular weight is 454 g/mol. The Labute approximate surface area is 187 Å². The molecule has 11 nitrogen and oxygen atoms in total. The molecule has 1 aromatic carbocycles. The van der Waals surface area contributed by atoms with Crippen LogP contribution in [0.4, 0.5) is 5.82 Å². The average Bonchev–Trinajstić information content (AvgIpc) is 3.35. The molecule has 0 saturated heterocycles. The van der Waals surface area contributed by atoms with Gasteiger partial charge in [0.15, 0.2) is 12.4 Å². The van der Waals surface area contributed by atoms with Gasteiger partial charge in [-0.1, -0.05) is 30.3 Å². The summed E-state index contributed by atoms with van der Waals surface area (Å²) in [6.45, 7) is -0.807. The van der Waals surface area contributed by atoms with Gasteiger partial charge in [-0.3, -0.25) is 23.5 Å². The maximum atomic E-state index is 12.8. The molecule has 3 rings (SSSR count). The van der Waals surface area contributed by atoms with Crippen LogP contribution in [0.2, 0.25) is 0 Å². The van der Waals surface area contributed by atoms with Gasteiger partial charge in [-0.25, -0.2) is 9.59 Å². The number of esters is 1. The number of carbonyl (C=O) groups is 3. The number of aromatic nitrogens is 2. The van der Waals surface area contributed by atoms with E-state index in [2.05, 4.69) is 5.32 Å². The number of furan rings is 1. The highest BCUT2D eigenvalue weighted by Gasteiger charge is 2.27. The highest BCUT2D eigenvalue weighted by molar-refractivity contribution is 6.01. The van der Waals surface area contributed by atoms with Crippen molar-refractivity contribution in [2.24, 2.45) is 14.1 Å². The predicted octanol–water partition coefficient (Wildman–Crippen LogP) is 0.0264. The van der Waals surface area contributed by atoms with Crippen LogP contribution in [0.5, 0.6) is 0 Å². The van der Waals surface area contributed by atoms with Crippen molar-refractivity contribution in [1.29, 1.82) is 0 Å². The van der Waals surface area contributed by atoms with Crippen molar-refractivity contribution < 1.29 is 23.5 Å². The number of nitrogen functional groups attached to an aromatic ring is 1. The fourth-order valence-corrected chi connectivity index (χ4v) is 3.11. The molecule has 11 heteroatoms. The molecule has 0 fully saturated rings. The molecule has 0 aliphatic rings. The van der Waals surface area contributed by atoms with Gasteiger partial charge in [0.1, 0.15) is 17.4 Å². The lowest BCUT2D eigenvalue weighted by Crippen LogP contribution is -2.44. The summed E-state index contributed by atoms with van der Waals surface area (Å²) >= 11 is 0. The Balaban J connectivity index is 1.78. The first kappa shape index (κ1) is 23.3. The van der Waals surface area contributed by atoms with Crippen LogP contribution < -0.4 is 22.3 Å². The third-order valence-electron chi connectivity index (χ3n) is 4.95. The monoisotopic (exact) mass is 454 g/mol. The number of ether oxygens (including phenoxy) is 1. The lowest BCUT2D eigenvalue weighted by Gasteiger charge is -2.17. The molecule has 0 aliphatic heterocycles. The Bertz CT molecular complexity index is 1290. The zero-order chi connectivity index (χ0) is 24.1. The van der Waals surface area contributed by atoms with Crippen molar-refractivity contribution in [3.63, 3.8) is 0 Å². The predicted molar refractivity (Wildman–Crippen MR) is 117 cm³/mol. The first-order valence-electron chi connectivity index (χ1n) is 9.84. The minimum Gasteiger partial charge on any atom is -0.459 e.